The topological polar surface area (TPSA) is 55.7 Å². The third-order valence-electron chi connectivity index (χ3n) is 3.32. The number of carbonyl (C=O) groups excluding carboxylic acids is 1. The maximum absolute atomic E-state index is 12.3. The van der Waals surface area contributed by atoms with Crippen LogP contribution in [0.15, 0.2) is 60.1 Å². The van der Waals surface area contributed by atoms with Gasteiger partial charge in [0, 0.05) is 11.6 Å². The van der Waals surface area contributed by atoms with Crippen LogP contribution < -0.4 is 0 Å². The predicted molar refractivity (Wildman–Crippen MR) is 98.3 cm³/mol. The molecule has 1 aromatic carbocycles. The molecule has 0 bridgehead atoms. The Balaban J connectivity index is 1.54. The maximum Gasteiger partial charge on any atom is 0.214 e. The number of ketones is 1. The van der Waals surface area contributed by atoms with Crippen molar-refractivity contribution in [1.82, 2.24) is 15.0 Å². The lowest BCUT2D eigenvalue weighted by molar-refractivity contribution is 0.104. The monoisotopic (exact) mass is 349 g/mol. The smallest absolute Gasteiger partial charge is 0.214 e. The zero-order chi connectivity index (χ0) is 16.4. The van der Waals surface area contributed by atoms with E-state index in [2.05, 4.69) is 15.0 Å². The van der Waals surface area contributed by atoms with Gasteiger partial charge in [-0.25, -0.2) is 9.97 Å². The predicted octanol–water partition coefficient (Wildman–Crippen LogP) is 4.71. The Kier molecular flexibility index (Phi) is 3.98. The average Bonchev–Trinajstić information content (AvgIpc) is 3.27. The van der Waals surface area contributed by atoms with E-state index in [1.165, 1.54) is 28.7 Å². The Hall–Kier alpha value is -2.70. The summed E-state index contributed by atoms with van der Waals surface area (Å²) in [7, 11) is 0. The number of allylic oxidation sites excluding steroid dienone is 1. The van der Waals surface area contributed by atoms with Crippen LogP contribution in [0.5, 0.6) is 0 Å². The van der Waals surface area contributed by atoms with Crippen molar-refractivity contribution in [3.8, 4) is 10.7 Å². The highest BCUT2D eigenvalue weighted by Gasteiger charge is 2.09. The molecular weight excluding hydrogens is 338 g/mol. The molecular formula is C18H11N3OS2. The molecule has 24 heavy (non-hydrogen) atoms. The van der Waals surface area contributed by atoms with Crippen LogP contribution in [-0.4, -0.2) is 20.7 Å². The molecule has 0 amide bonds. The van der Waals surface area contributed by atoms with Crippen LogP contribution in [-0.2, 0) is 0 Å². The summed E-state index contributed by atoms with van der Waals surface area (Å²) in [5.41, 5.74) is 2.43. The van der Waals surface area contributed by atoms with Crippen molar-refractivity contribution in [2.75, 3.05) is 0 Å². The number of fused-ring (bicyclic) bond motifs is 1. The minimum Gasteiger partial charge on any atom is -0.287 e. The number of pyridine rings is 1. The van der Waals surface area contributed by atoms with Crippen LogP contribution in [0.25, 0.3) is 27.0 Å². The number of nitrogens with zero attached hydrogens (tertiary/aromatic N) is 3. The van der Waals surface area contributed by atoms with Gasteiger partial charge in [-0.2, -0.15) is 0 Å². The number of aromatic nitrogens is 3. The van der Waals surface area contributed by atoms with Gasteiger partial charge in [-0.1, -0.05) is 18.2 Å². The Morgan fingerprint density at radius 2 is 1.92 bits per heavy atom. The summed E-state index contributed by atoms with van der Waals surface area (Å²) >= 11 is 2.91. The number of carbonyl (C=O) groups is 1. The zero-order valence-electron chi connectivity index (χ0n) is 12.4. The molecule has 4 aromatic rings. The molecule has 0 saturated heterocycles. The lowest BCUT2D eigenvalue weighted by atomic mass is 10.3. The summed E-state index contributed by atoms with van der Waals surface area (Å²) in [4.78, 5) is 25.4. The lowest BCUT2D eigenvalue weighted by Crippen LogP contribution is -1.92. The van der Waals surface area contributed by atoms with Gasteiger partial charge >= 0.3 is 0 Å². The van der Waals surface area contributed by atoms with Gasteiger partial charge in [-0.15, -0.1) is 22.7 Å². The molecule has 0 atom stereocenters. The molecule has 4 nitrogen and oxygen atoms in total. The largest absolute Gasteiger partial charge is 0.287 e. The summed E-state index contributed by atoms with van der Waals surface area (Å²) in [6.45, 7) is 0. The second-order valence-corrected chi connectivity index (χ2v) is 6.87. The molecule has 0 spiro atoms. The highest BCUT2D eigenvalue weighted by molar-refractivity contribution is 7.20. The Morgan fingerprint density at radius 3 is 2.75 bits per heavy atom. The molecule has 0 aliphatic heterocycles. The van der Waals surface area contributed by atoms with E-state index < -0.39 is 0 Å². The normalized spacial score (nSPS) is 11.3. The second-order valence-electron chi connectivity index (χ2n) is 4.98. The molecule has 116 valence electrons. The lowest BCUT2D eigenvalue weighted by Gasteiger charge is -1.91. The molecule has 0 aliphatic rings. The first kappa shape index (κ1) is 14.9. The molecule has 3 heterocycles. The first-order valence-corrected chi connectivity index (χ1v) is 8.94. The van der Waals surface area contributed by atoms with E-state index in [9.17, 15) is 4.79 Å². The molecule has 0 unspecified atom stereocenters. The van der Waals surface area contributed by atoms with Crippen molar-refractivity contribution in [1.29, 1.82) is 0 Å². The van der Waals surface area contributed by atoms with Crippen LogP contribution in [0, 0.1) is 0 Å². The molecule has 0 N–H and O–H groups in total. The van der Waals surface area contributed by atoms with E-state index in [4.69, 9.17) is 0 Å². The van der Waals surface area contributed by atoms with Crippen molar-refractivity contribution in [2.45, 2.75) is 0 Å². The molecule has 0 saturated carbocycles. The van der Waals surface area contributed by atoms with Gasteiger partial charge in [0.2, 0.25) is 5.78 Å². The first-order valence-electron chi connectivity index (χ1n) is 7.24. The molecule has 0 radical (unpaired) electrons. The van der Waals surface area contributed by atoms with E-state index >= 15 is 0 Å². The number of thiazole rings is 2. The van der Waals surface area contributed by atoms with Crippen LogP contribution in [0.2, 0.25) is 0 Å². The Morgan fingerprint density at radius 1 is 1.04 bits per heavy atom. The summed E-state index contributed by atoms with van der Waals surface area (Å²) < 4.78 is 1.01. The minimum atomic E-state index is -0.108. The van der Waals surface area contributed by atoms with Gasteiger partial charge in [-0.05, 0) is 36.4 Å². The third kappa shape index (κ3) is 3.02. The third-order valence-corrected chi connectivity index (χ3v) is 5.25. The van der Waals surface area contributed by atoms with E-state index in [1.807, 2.05) is 47.8 Å². The van der Waals surface area contributed by atoms with Gasteiger partial charge in [0.05, 0.1) is 21.6 Å². The van der Waals surface area contributed by atoms with Crippen molar-refractivity contribution in [2.24, 2.45) is 0 Å². The number of hydrogen-bond donors (Lipinski definition) is 0. The fourth-order valence-corrected chi connectivity index (χ4v) is 3.83. The number of hydrogen-bond acceptors (Lipinski definition) is 6. The van der Waals surface area contributed by atoms with E-state index in [1.54, 1.807) is 12.3 Å². The van der Waals surface area contributed by atoms with Crippen molar-refractivity contribution in [3.05, 3.63) is 70.8 Å². The average molecular weight is 349 g/mol. The van der Waals surface area contributed by atoms with Gasteiger partial charge in [0.1, 0.15) is 5.01 Å². The Bertz CT molecular complexity index is 1000. The summed E-state index contributed by atoms with van der Waals surface area (Å²) in [5, 5.41) is 3.24. The molecule has 3 aromatic heterocycles. The molecule has 6 heteroatoms. The first-order chi connectivity index (χ1) is 11.8. The minimum absolute atomic E-state index is 0.108. The van der Waals surface area contributed by atoms with E-state index in [0.29, 0.717) is 5.01 Å². The van der Waals surface area contributed by atoms with Crippen molar-refractivity contribution >= 4 is 44.7 Å². The summed E-state index contributed by atoms with van der Waals surface area (Å²) in [6, 6.07) is 13.4. The number of rotatable bonds is 4. The quantitative estimate of drug-likeness (QED) is 0.395. The zero-order valence-corrected chi connectivity index (χ0v) is 14.1. The van der Waals surface area contributed by atoms with Gasteiger partial charge in [0.15, 0.2) is 5.01 Å². The second kappa shape index (κ2) is 6.43. The molecule has 4 rings (SSSR count). The number of para-hydroxylation sites is 1. The van der Waals surface area contributed by atoms with Crippen LogP contribution in [0.3, 0.4) is 0 Å². The Labute approximate surface area is 146 Å². The van der Waals surface area contributed by atoms with Gasteiger partial charge < -0.3 is 0 Å². The van der Waals surface area contributed by atoms with Crippen LogP contribution >= 0.6 is 22.7 Å². The van der Waals surface area contributed by atoms with Crippen LogP contribution in [0.1, 0.15) is 15.5 Å². The maximum atomic E-state index is 12.3. The van der Waals surface area contributed by atoms with Gasteiger partial charge in [0.25, 0.3) is 0 Å². The molecule has 0 fully saturated rings. The van der Waals surface area contributed by atoms with Crippen molar-refractivity contribution in [3.63, 3.8) is 0 Å². The molecule has 0 aliphatic carbocycles. The summed E-state index contributed by atoms with van der Waals surface area (Å²) in [6.07, 6.45) is 4.98. The number of benzene rings is 1. The SMILES string of the molecule is O=C(/C=C/c1csc(-c2ccccn2)n1)c1nc2ccccc2s1. The van der Waals surface area contributed by atoms with Gasteiger partial charge in [-0.3, -0.25) is 9.78 Å². The fraction of sp³-hybridized carbons (Fsp3) is 0. The highest BCUT2D eigenvalue weighted by atomic mass is 32.1. The highest BCUT2D eigenvalue weighted by Crippen LogP contribution is 2.24. The van der Waals surface area contributed by atoms with E-state index in [-0.39, 0.29) is 5.78 Å². The standard InChI is InChI=1S/C18H11N3OS2/c22-15(18-21-13-5-1-2-7-16(13)24-18)9-8-12-11-23-17(20-12)14-6-3-4-10-19-14/h1-11H/b9-8+. The summed E-state index contributed by atoms with van der Waals surface area (Å²) in [5.74, 6) is -0.108. The van der Waals surface area contributed by atoms with Crippen molar-refractivity contribution < 1.29 is 4.79 Å². The van der Waals surface area contributed by atoms with E-state index in [0.717, 1.165) is 26.6 Å². The fourth-order valence-electron chi connectivity index (χ4n) is 2.18. The van der Waals surface area contributed by atoms with Crippen LogP contribution in [0.4, 0.5) is 0 Å².